The molecule has 0 atom stereocenters. The molecule has 2 rings (SSSR count). The largest absolute Gasteiger partial charge is 0.399 e. The Labute approximate surface area is 104 Å². The molecule has 2 heterocycles. The van der Waals surface area contributed by atoms with Gasteiger partial charge in [0.1, 0.15) is 5.82 Å². The van der Waals surface area contributed by atoms with Crippen molar-refractivity contribution in [3.05, 3.63) is 18.3 Å². The van der Waals surface area contributed by atoms with Gasteiger partial charge >= 0.3 is 0 Å². The van der Waals surface area contributed by atoms with Crippen LogP contribution in [0.25, 0.3) is 0 Å². The maximum Gasteiger partial charge on any atom is 0.130 e. The molecule has 0 spiro atoms. The van der Waals surface area contributed by atoms with Gasteiger partial charge in [0.15, 0.2) is 0 Å². The van der Waals surface area contributed by atoms with Crippen molar-refractivity contribution >= 4 is 11.5 Å². The van der Waals surface area contributed by atoms with Crippen molar-refractivity contribution in [2.24, 2.45) is 5.41 Å². The zero-order chi connectivity index (χ0) is 12.3. The molecule has 0 aromatic carbocycles. The summed E-state index contributed by atoms with van der Waals surface area (Å²) in [6.07, 6.45) is 6.93. The Balaban J connectivity index is 2.04. The molecule has 1 saturated heterocycles. The standard InChI is InChI=1S/C14H23N3/c1-3-14(4-2)6-9-17(10-7-14)13-11-12(15)5-8-16-13/h5,8,11H,3-4,6-7,9-10H2,1-2H3,(H2,15,16). The molecule has 1 aromatic rings. The maximum absolute atomic E-state index is 5.80. The summed E-state index contributed by atoms with van der Waals surface area (Å²) in [5.74, 6) is 1.03. The van der Waals surface area contributed by atoms with E-state index in [0.717, 1.165) is 24.6 Å². The average Bonchev–Trinajstić information content (AvgIpc) is 2.39. The van der Waals surface area contributed by atoms with E-state index in [1.807, 2.05) is 12.1 Å². The van der Waals surface area contributed by atoms with Gasteiger partial charge in [-0.15, -0.1) is 0 Å². The van der Waals surface area contributed by atoms with Crippen molar-refractivity contribution in [1.82, 2.24) is 4.98 Å². The van der Waals surface area contributed by atoms with Crippen LogP contribution < -0.4 is 10.6 Å². The van der Waals surface area contributed by atoms with E-state index in [9.17, 15) is 0 Å². The first kappa shape index (κ1) is 12.2. The van der Waals surface area contributed by atoms with Gasteiger partial charge in [-0.05, 0) is 24.3 Å². The third kappa shape index (κ3) is 2.54. The van der Waals surface area contributed by atoms with E-state index in [0.29, 0.717) is 5.41 Å². The fourth-order valence-electron chi connectivity index (χ4n) is 2.77. The van der Waals surface area contributed by atoms with Gasteiger partial charge in [0.25, 0.3) is 0 Å². The van der Waals surface area contributed by atoms with Gasteiger partial charge in [0.05, 0.1) is 0 Å². The van der Waals surface area contributed by atoms with Gasteiger partial charge in [-0.3, -0.25) is 0 Å². The highest BCUT2D eigenvalue weighted by Gasteiger charge is 2.31. The fraction of sp³-hybridized carbons (Fsp3) is 0.643. The zero-order valence-corrected chi connectivity index (χ0v) is 10.9. The highest BCUT2D eigenvalue weighted by Crippen LogP contribution is 2.38. The lowest BCUT2D eigenvalue weighted by Gasteiger charge is -2.41. The molecule has 0 amide bonds. The molecule has 1 fully saturated rings. The predicted octanol–water partition coefficient (Wildman–Crippen LogP) is 3.07. The number of hydrogen-bond acceptors (Lipinski definition) is 3. The van der Waals surface area contributed by atoms with Crippen molar-refractivity contribution in [2.45, 2.75) is 39.5 Å². The molecule has 1 aliphatic heterocycles. The van der Waals surface area contributed by atoms with Crippen LogP contribution in [0.15, 0.2) is 18.3 Å². The van der Waals surface area contributed by atoms with Crippen molar-refractivity contribution < 1.29 is 0 Å². The SMILES string of the molecule is CCC1(CC)CCN(c2cc(N)ccn2)CC1. The van der Waals surface area contributed by atoms with E-state index in [1.54, 1.807) is 6.20 Å². The van der Waals surface area contributed by atoms with Crippen LogP contribution in [0.5, 0.6) is 0 Å². The number of nitrogens with two attached hydrogens (primary N) is 1. The summed E-state index contributed by atoms with van der Waals surface area (Å²) in [5, 5.41) is 0. The van der Waals surface area contributed by atoms with Crippen LogP contribution in [0.1, 0.15) is 39.5 Å². The topological polar surface area (TPSA) is 42.1 Å². The van der Waals surface area contributed by atoms with Crippen LogP contribution in [-0.4, -0.2) is 18.1 Å². The molecule has 17 heavy (non-hydrogen) atoms. The van der Waals surface area contributed by atoms with Crippen molar-refractivity contribution in [1.29, 1.82) is 0 Å². The van der Waals surface area contributed by atoms with E-state index >= 15 is 0 Å². The first-order valence-corrected chi connectivity index (χ1v) is 6.65. The number of anilines is 2. The van der Waals surface area contributed by atoms with Gasteiger partial charge in [-0.1, -0.05) is 26.7 Å². The molecule has 1 aromatic heterocycles. The first-order chi connectivity index (χ1) is 8.19. The normalized spacial score (nSPS) is 19.3. The molecule has 2 N–H and O–H groups in total. The highest BCUT2D eigenvalue weighted by atomic mass is 15.2. The summed E-state index contributed by atoms with van der Waals surface area (Å²) < 4.78 is 0. The number of pyridine rings is 1. The van der Waals surface area contributed by atoms with Crippen LogP contribution in [0.2, 0.25) is 0 Å². The number of aromatic nitrogens is 1. The first-order valence-electron chi connectivity index (χ1n) is 6.65. The van der Waals surface area contributed by atoms with Crippen LogP contribution >= 0.6 is 0 Å². The Morgan fingerprint density at radius 3 is 2.47 bits per heavy atom. The summed E-state index contributed by atoms with van der Waals surface area (Å²) in [6, 6.07) is 3.82. The van der Waals surface area contributed by atoms with E-state index in [-0.39, 0.29) is 0 Å². The van der Waals surface area contributed by atoms with Crippen LogP contribution in [0.3, 0.4) is 0 Å². The number of nitrogens with zero attached hydrogens (tertiary/aromatic N) is 2. The number of nitrogen functional groups attached to an aromatic ring is 1. The van der Waals surface area contributed by atoms with Gasteiger partial charge in [-0.25, -0.2) is 4.98 Å². The molecule has 3 heteroatoms. The molecule has 0 aliphatic carbocycles. The minimum Gasteiger partial charge on any atom is -0.399 e. The summed E-state index contributed by atoms with van der Waals surface area (Å²) in [4.78, 5) is 6.77. The summed E-state index contributed by atoms with van der Waals surface area (Å²) in [5.41, 5.74) is 7.17. The third-order valence-electron chi connectivity index (χ3n) is 4.42. The Morgan fingerprint density at radius 1 is 1.29 bits per heavy atom. The predicted molar refractivity (Wildman–Crippen MR) is 73.1 cm³/mol. The Morgan fingerprint density at radius 2 is 1.94 bits per heavy atom. The molecule has 1 aliphatic rings. The highest BCUT2D eigenvalue weighted by molar-refractivity contribution is 5.50. The van der Waals surface area contributed by atoms with Crippen LogP contribution in [0.4, 0.5) is 11.5 Å². The molecular formula is C14H23N3. The number of piperidine rings is 1. The van der Waals surface area contributed by atoms with Crippen molar-refractivity contribution in [3.63, 3.8) is 0 Å². The molecule has 0 radical (unpaired) electrons. The Bertz CT molecular complexity index is 361. The van der Waals surface area contributed by atoms with E-state index in [1.165, 1.54) is 25.7 Å². The molecule has 0 unspecified atom stereocenters. The average molecular weight is 233 g/mol. The lowest BCUT2D eigenvalue weighted by atomic mass is 9.74. The maximum atomic E-state index is 5.80. The zero-order valence-electron chi connectivity index (χ0n) is 10.9. The summed E-state index contributed by atoms with van der Waals surface area (Å²) in [7, 11) is 0. The van der Waals surface area contributed by atoms with E-state index in [4.69, 9.17) is 5.73 Å². The van der Waals surface area contributed by atoms with Gasteiger partial charge in [0, 0.05) is 31.0 Å². The summed E-state index contributed by atoms with van der Waals surface area (Å²) in [6.45, 7) is 6.85. The van der Waals surface area contributed by atoms with Gasteiger partial charge in [0.2, 0.25) is 0 Å². The monoisotopic (exact) mass is 233 g/mol. The second-order valence-electron chi connectivity index (χ2n) is 5.14. The quantitative estimate of drug-likeness (QED) is 0.872. The lowest BCUT2D eigenvalue weighted by molar-refractivity contribution is 0.199. The summed E-state index contributed by atoms with van der Waals surface area (Å²) >= 11 is 0. The molecule has 94 valence electrons. The molecule has 0 saturated carbocycles. The fourth-order valence-corrected chi connectivity index (χ4v) is 2.77. The van der Waals surface area contributed by atoms with Crippen LogP contribution in [0, 0.1) is 5.41 Å². The smallest absolute Gasteiger partial charge is 0.130 e. The molecule has 0 bridgehead atoms. The Kier molecular flexibility index (Phi) is 3.55. The second kappa shape index (κ2) is 4.94. The van der Waals surface area contributed by atoms with Crippen LogP contribution in [-0.2, 0) is 0 Å². The Hall–Kier alpha value is -1.25. The lowest BCUT2D eigenvalue weighted by Crippen LogP contribution is -2.40. The minimum absolute atomic E-state index is 0.566. The van der Waals surface area contributed by atoms with Crippen molar-refractivity contribution in [2.75, 3.05) is 23.7 Å². The van der Waals surface area contributed by atoms with Crippen molar-refractivity contribution in [3.8, 4) is 0 Å². The second-order valence-corrected chi connectivity index (χ2v) is 5.14. The number of hydrogen-bond donors (Lipinski definition) is 1. The van der Waals surface area contributed by atoms with Gasteiger partial charge in [-0.2, -0.15) is 0 Å². The van der Waals surface area contributed by atoms with E-state index in [2.05, 4.69) is 23.7 Å². The minimum atomic E-state index is 0.566. The molecule has 3 nitrogen and oxygen atoms in total. The van der Waals surface area contributed by atoms with Gasteiger partial charge < -0.3 is 10.6 Å². The molecular weight excluding hydrogens is 210 g/mol. The van der Waals surface area contributed by atoms with E-state index < -0.39 is 0 Å². The third-order valence-corrected chi connectivity index (χ3v) is 4.42. The number of rotatable bonds is 3.